The van der Waals surface area contributed by atoms with E-state index < -0.39 is 17.4 Å². The highest BCUT2D eigenvalue weighted by Crippen LogP contribution is 2.52. The Balaban J connectivity index is 1.56. The van der Waals surface area contributed by atoms with Crippen molar-refractivity contribution in [3.8, 4) is 0 Å². The number of esters is 1. The van der Waals surface area contributed by atoms with E-state index in [1.807, 2.05) is 49.4 Å². The Kier molecular flexibility index (Phi) is 3.68. The average Bonchev–Trinajstić information content (AvgIpc) is 3.22. The Labute approximate surface area is 141 Å². The Hall–Kier alpha value is -2.14. The second-order valence-electron chi connectivity index (χ2n) is 6.75. The first-order valence-electron chi connectivity index (χ1n) is 8.51. The molecule has 126 valence electrons. The molecule has 4 atom stereocenters. The number of fused-ring (bicyclic) bond motifs is 1. The lowest BCUT2D eigenvalue weighted by Gasteiger charge is -2.22. The van der Waals surface area contributed by atoms with Crippen LogP contribution in [0.1, 0.15) is 18.9 Å². The van der Waals surface area contributed by atoms with Crippen molar-refractivity contribution >= 4 is 11.9 Å². The molecular formula is C19H21NO4. The van der Waals surface area contributed by atoms with Crippen LogP contribution in [0.25, 0.3) is 0 Å². The SMILES string of the molecule is CCCOC(=O)C1[C@H]2C(=O)N(Cc3ccccc3)C[C@]23C=C[C@H]1O3. The second-order valence-corrected chi connectivity index (χ2v) is 6.75. The molecule has 0 radical (unpaired) electrons. The zero-order valence-corrected chi connectivity index (χ0v) is 13.7. The van der Waals surface area contributed by atoms with Crippen molar-refractivity contribution in [1.82, 2.24) is 4.90 Å². The lowest BCUT2D eigenvalue weighted by molar-refractivity contribution is -0.153. The highest BCUT2D eigenvalue weighted by atomic mass is 16.6. The summed E-state index contributed by atoms with van der Waals surface area (Å²) in [5.74, 6) is -1.30. The second kappa shape index (κ2) is 5.74. The van der Waals surface area contributed by atoms with Crippen LogP contribution in [0.3, 0.4) is 0 Å². The van der Waals surface area contributed by atoms with Gasteiger partial charge in [-0.15, -0.1) is 0 Å². The summed E-state index contributed by atoms with van der Waals surface area (Å²) in [6.45, 7) is 3.37. The molecule has 3 aliphatic heterocycles. The summed E-state index contributed by atoms with van der Waals surface area (Å²) in [7, 11) is 0. The van der Waals surface area contributed by atoms with E-state index in [1.165, 1.54) is 0 Å². The summed E-state index contributed by atoms with van der Waals surface area (Å²) in [5.41, 5.74) is 0.415. The molecule has 0 N–H and O–H groups in total. The standard InChI is InChI=1S/C19H21NO4/c1-2-10-23-18(22)15-14-8-9-19(24-14)12-20(17(21)16(15)19)11-13-6-4-3-5-7-13/h3-9,14-16H,2,10-12H2,1H3/t14-,15?,16+,19-/m1/s1. The number of rotatable bonds is 5. The molecule has 0 aliphatic carbocycles. The van der Waals surface area contributed by atoms with Gasteiger partial charge in [-0.2, -0.15) is 0 Å². The fourth-order valence-corrected chi connectivity index (χ4v) is 4.08. The number of hydrogen-bond acceptors (Lipinski definition) is 4. The Morgan fingerprint density at radius 2 is 2.17 bits per heavy atom. The first kappa shape index (κ1) is 15.4. The third-order valence-corrected chi connectivity index (χ3v) is 5.12. The van der Waals surface area contributed by atoms with Crippen molar-refractivity contribution in [2.45, 2.75) is 31.6 Å². The molecule has 2 fully saturated rings. The lowest BCUT2D eigenvalue weighted by Crippen LogP contribution is -2.40. The summed E-state index contributed by atoms with van der Waals surface area (Å²) >= 11 is 0. The van der Waals surface area contributed by atoms with Crippen LogP contribution >= 0.6 is 0 Å². The van der Waals surface area contributed by atoms with Crippen molar-refractivity contribution in [3.05, 3.63) is 48.0 Å². The van der Waals surface area contributed by atoms with Gasteiger partial charge in [0.1, 0.15) is 11.5 Å². The largest absolute Gasteiger partial charge is 0.465 e. The lowest BCUT2D eigenvalue weighted by atomic mass is 9.77. The molecule has 3 aliphatic rings. The number of amides is 1. The fourth-order valence-electron chi connectivity index (χ4n) is 4.08. The predicted octanol–water partition coefficient (Wildman–Crippen LogP) is 1.92. The summed E-state index contributed by atoms with van der Waals surface area (Å²) in [4.78, 5) is 27.2. The Morgan fingerprint density at radius 1 is 1.38 bits per heavy atom. The van der Waals surface area contributed by atoms with E-state index in [4.69, 9.17) is 9.47 Å². The van der Waals surface area contributed by atoms with Gasteiger partial charge in [-0.3, -0.25) is 9.59 Å². The van der Waals surface area contributed by atoms with Crippen LogP contribution in [0.2, 0.25) is 0 Å². The van der Waals surface area contributed by atoms with Gasteiger partial charge in [0.15, 0.2) is 0 Å². The van der Waals surface area contributed by atoms with Crippen molar-refractivity contribution in [2.24, 2.45) is 11.8 Å². The minimum Gasteiger partial charge on any atom is -0.465 e. The highest BCUT2D eigenvalue weighted by molar-refractivity contribution is 5.91. The van der Waals surface area contributed by atoms with E-state index in [2.05, 4.69) is 0 Å². The van der Waals surface area contributed by atoms with E-state index >= 15 is 0 Å². The molecule has 1 unspecified atom stereocenters. The molecule has 2 saturated heterocycles. The first-order valence-corrected chi connectivity index (χ1v) is 8.51. The van der Waals surface area contributed by atoms with Gasteiger partial charge in [0, 0.05) is 6.54 Å². The van der Waals surface area contributed by atoms with Crippen LogP contribution in [0.5, 0.6) is 0 Å². The number of carbonyl (C=O) groups is 2. The monoisotopic (exact) mass is 327 g/mol. The minimum absolute atomic E-state index is 0.0100. The van der Waals surface area contributed by atoms with Crippen molar-refractivity contribution in [1.29, 1.82) is 0 Å². The van der Waals surface area contributed by atoms with Gasteiger partial charge in [0.05, 0.1) is 25.2 Å². The topological polar surface area (TPSA) is 55.8 Å². The molecule has 5 heteroatoms. The molecule has 0 aromatic heterocycles. The Morgan fingerprint density at radius 3 is 2.92 bits per heavy atom. The van der Waals surface area contributed by atoms with Crippen LogP contribution in [0, 0.1) is 11.8 Å². The quantitative estimate of drug-likeness (QED) is 0.612. The molecule has 5 nitrogen and oxygen atoms in total. The zero-order chi connectivity index (χ0) is 16.7. The third-order valence-electron chi connectivity index (χ3n) is 5.12. The van der Waals surface area contributed by atoms with Crippen LogP contribution in [0.15, 0.2) is 42.5 Å². The molecule has 1 amide bonds. The molecule has 2 bridgehead atoms. The molecule has 0 saturated carbocycles. The van der Waals surface area contributed by atoms with Gasteiger partial charge in [0.25, 0.3) is 0 Å². The van der Waals surface area contributed by atoms with Crippen LogP contribution in [-0.2, 0) is 25.6 Å². The summed E-state index contributed by atoms with van der Waals surface area (Å²) in [6.07, 6.45) is 4.31. The molecular weight excluding hydrogens is 306 g/mol. The smallest absolute Gasteiger partial charge is 0.312 e. The molecule has 1 aromatic rings. The van der Waals surface area contributed by atoms with E-state index in [-0.39, 0.29) is 18.0 Å². The van der Waals surface area contributed by atoms with Gasteiger partial charge < -0.3 is 14.4 Å². The number of hydrogen-bond donors (Lipinski definition) is 0. The van der Waals surface area contributed by atoms with Gasteiger partial charge in [-0.25, -0.2) is 0 Å². The maximum absolute atomic E-state index is 13.0. The number of benzene rings is 1. The molecule has 1 spiro atoms. The highest BCUT2D eigenvalue weighted by Gasteiger charge is 2.67. The number of nitrogens with zero attached hydrogens (tertiary/aromatic N) is 1. The summed E-state index contributed by atoms with van der Waals surface area (Å²) in [5, 5.41) is 0. The van der Waals surface area contributed by atoms with E-state index in [9.17, 15) is 9.59 Å². The fraction of sp³-hybridized carbons (Fsp3) is 0.474. The van der Waals surface area contributed by atoms with Gasteiger partial charge >= 0.3 is 5.97 Å². The van der Waals surface area contributed by atoms with E-state index in [0.717, 1.165) is 12.0 Å². The average molecular weight is 327 g/mol. The van der Waals surface area contributed by atoms with Crippen LogP contribution in [-0.4, -0.2) is 41.6 Å². The van der Waals surface area contributed by atoms with Crippen LogP contribution < -0.4 is 0 Å². The molecule has 3 heterocycles. The Bertz CT molecular complexity index is 686. The zero-order valence-electron chi connectivity index (χ0n) is 13.7. The normalized spacial score (nSPS) is 33.1. The molecule has 4 rings (SSSR count). The van der Waals surface area contributed by atoms with Gasteiger partial charge in [-0.1, -0.05) is 49.4 Å². The summed E-state index contributed by atoms with van der Waals surface area (Å²) in [6, 6.07) is 9.88. The molecule has 24 heavy (non-hydrogen) atoms. The van der Waals surface area contributed by atoms with Crippen molar-refractivity contribution < 1.29 is 19.1 Å². The summed E-state index contributed by atoms with van der Waals surface area (Å²) < 4.78 is 11.4. The number of ether oxygens (including phenoxy) is 2. The predicted molar refractivity (Wildman–Crippen MR) is 86.8 cm³/mol. The maximum Gasteiger partial charge on any atom is 0.312 e. The third kappa shape index (κ3) is 2.26. The van der Waals surface area contributed by atoms with E-state index in [1.54, 1.807) is 4.90 Å². The maximum atomic E-state index is 13.0. The molecule has 1 aromatic carbocycles. The number of carbonyl (C=O) groups excluding carboxylic acids is 2. The van der Waals surface area contributed by atoms with Gasteiger partial charge in [-0.05, 0) is 12.0 Å². The van der Waals surface area contributed by atoms with Crippen molar-refractivity contribution in [2.75, 3.05) is 13.2 Å². The minimum atomic E-state index is -0.660. The number of likely N-dealkylation sites (tertiary alicyclic amines) is 1. The first-order chi connectivity index (χ1) is 11.6. The van der Waals surface area contributed by atoms with E-state index in [0.29, 0.717) is 19.7 Å². The van der Waals surface area contributed by atoms with Crippen molar-refractivity contribution in [3.63, 3.8) is 0 Å². The van der Waals surface area contributed by atoms with Gasteiger partial charge in [0.2, 0.25) is 5.91 Å². The van der Waals surface area contributed by atoms with Crippen LogP contribution in [0.4, 0.5) is 0 Å².